The summed E-state index contributed by atoms with van der Waals surface area (Å²) in [5, 5.41) is 0. The van der Waals surface area contributed by atoms with Gasteiger partial charge >= 0.3 is 0 Å². The molecule has 0 saturated heterocycles. The maximum absolute atomic E-state index is 11.2. The number of nitrogens with zero attached hydrogens (tertiary/aromatic N) is 1. The third-order valence-corrected chi connectivity index (χ3v) is 1.88. The number of hydrogen-bond acceptors (Lipinski definition) is 2. The normalized spacial score (nSPS) is 10.8. The first kappa shape index (κ1) is 8.97. The van der Waals surface area contributed by atoms with Gasteiger partial charge in [0.2, 0.25) is 0 Å². The molecule has 0 aliphatic heterocycles. The van der Waals surface area contributed by atoms with E-state index in [1.165, 1.54) is 0 Å². The number of H-pyrrole nitrogens is 1. The first-order valence-corrected chi connectivity index (χ1v) is 4.09. The molecule has 1 aromatic rings. The Hall–Kier alpha value is -1.12. The molecule has 0 aromatic carbocycles. The van der Waals surface area contributed by atoms with Gasteiger partial charge in [-0.15, -0.1) is 0 Å². The van der Waals surface area contributed by atoms with Gasteiger partial charge in [-0.05, 0) is 19.8 Å². The second-order valence-corrected chi connectivity index (χ2v) is 3.31. The van der Waals surface area contributed by atoms with Crippen molar-refractivity contribution in [2.45, 2.75) is 33.6 Å². The lowest BCUT2D eigenvalue weighted by atomic mass is 10.1. The van der Waals surface area contributed by atoms with E-state index in [4.69, 9.17) is 0 Å². The molecule has 0 aliphatic rings. The zero-order chi connectivity index (χ0) is 9.30. The lowest BCUT2D eigenvalue weighted by molar-refractivity contribution is 0.779. The Morgan fingerprint density at radius 1 is 1.25 bits per heavy atom. The number of aromatic nitrogens is 2. The highest BCUT2D eigenvalue weighted by Gasteiger charge is 2.06. The third kappa shape index (κ3) is 1.55. The van der Waals surface area contributed by atoms with E-state index in [-0.39, 0.29) is 5.56 Å². The van der Waals surface area contributed by atoms with E-state index in [0.717, 1.165) is 11.4 Å². The smallest absolute Gasteiger partial charge is 0.269 e. The molecule has 1 heterocycles. The lowest BCUT2D eigenvalue weighted by Gasteiger charge is -2.08. The van der Waals surface area contributed by atoms with Crippen molar-refractivity contribution in [2.24, 2.45) is 0 Å². The molecule has 1 N–H and O–H groups in total. The average molecular weight is 166 g/mol. The standard InChI is InChI=1S/C9H14N2O/c1-5(2)8-6(3)10-7(4)9(12)11-8/h5H,1-4H3,(H,11,12). The van der Waals surface area contributed by atoms with Crippen molar-refractivity contribution in [2.75, 3.05) is 0 Å². The summed E-state index contributed by atoms with van der Waals surface area (Å²) in [4.78, 5) is 18.2. The van der Waals surface area contributed by atoms with Crippen LogP contribution >= 0.6 is 0 Å². The number of nitrogens with one attached hydrogen (secondary N) is 1. The fourth-order valence-corrected chi connectivity index (χ4v) is 1.23. The first-order chi connectivity index (χ1) is 5.52. The van der Waals surface area contributed by atoms with E-state index in [1.54, 1.807) is 6.92 Å². The molecule has 1 aromatic heterocycles. The van der Waals surface area contributed by atoms with Gasteiger partial charge in [-0.3, -0.25) is 9.78 Å². The minimum Gasteiger partial charge on any atom is -0.323 e. The molecule has 0 fully saturated rings. The van der Waals surface area contributed by atoms with E-state index in [1.807, 2.05) is 20.8 Å². The van der Waals surface area contributed by atoms with Crippen LogP contribution in [0.3, 0.4) is 0 Å². The molecule has 0 amide bonds. The summed E-state index contributed by atoms with van der Waals surface area (Å²) in [6, 6.07) is 0. The minimum absolute atomic E-state index is 0.0794. The van der Waals surface area contributed by atoms with Crippen LogP contribution in [0.2, 0.25) is 0 Å². The van der Waals surface area contributed by atoms with Crippen molar-refractivity contribution in [1.82, 2.24) is 9.97 Å². The Kier molecular flexibility index (Phi) is 2.31. The minimum atomic E-state index is -0.0794. The molecule has 1 rings (SSSR count). The van der Waals surface area contributed by atoms with Gasteiger partial charge in [0.1, 0.15) is 5.69 Å². The molecular weight excluding hydrogens is 152 g/mol. The van der Waals surface area contributed by atoms with E-state index in [0.29, 0.717) is 11.6 Å². The second kappa shape index (κ2) is 3.09. The maximum Gasteiger partial charge on any atom is 0.269 e. The zero-order valence-corrected chi connectivity index (χ0v) is 7.93. The molecule has 0 radical (unpaired) electrons. The van der Waals surface area contributed by atoms with Gasteiger partial charge in [-0.1, -0.05) is 13.8 Å². The summed E-state index contributed by atoms with van der Waals surface area (Å²) in [6.07, 6.45) is 0. The summed E-state index contributed by atoms with van der Waals surface area (Å²) >= 11 is 0. The number of rotatable bonds is 1. The second-order valence-electron chi connectivity index (χ2n) is 3.31. The van der Waals surface area contributed by atoms with Crippen molar-refractivity contribution >= 4 is 0 Å². The van der Waals surface area contributed by atoms with E-state index >= 15 is 0 Å². The van der Waals surface area contributed by atoms with Gasteiger partial charge in [0.25, 0.3) is 5.56 Å². The summed E-state index contributed by atoms with van der Waals surface area (Å²) in [5.74, 6) is 0.325. The van der Waals surface area contributed by atoms with Crippen molar-refractivity contribution in [3.8, 4) is 0 Å². The predicted octanol–water partition coefficient (Wildman–Crippen LogP) is 1.51. The van der Waals surface area contributed by atoms with Gasteiger partial charge in [0, 0.05) is 5.69 Å². The molecule has 3 heteroatoms. The maximum atomic E-state index is 11.2. The molecular formula is C9H14N2O. The van der Waals surface area contributed by atoms with Crippen LogP contribution in [0.4, 0.5) is 0 Å². The quantitative estimate of drug-likeness (QED) is 0.687. The zero-order valence-electron chi connectivity index (χ0n) is 7.93. The van der Waals surface area contributed by atoms with Crippen LogP contribution in [-0.2, 0) is 0 Å². The molecule has 3 nitrogen and oxygen atoms in total. The van der Waals surface area contributed by atoms with Crippen LogP contribution in [0.5, 0.6) is 0 Å². The summed E-state index contributed by atoms with van der Waals surface area (Å²) in [7, 11) is 0. The monoisotopic (exact) mass is 166 g/mol. The molecule has 12 heavy (non-hydrogen) atoms. The molecule has 0 unspecified atom stereocenters. The van der Waals surface area contributed by atoms with Crippen molar-refractivity contribution < 1.29 is 0 Å². The van der Waals surface area contributed by atoms with Crippen LogP contribution in [0.1, 0.15) is 36.8 Å². The first-order valence-electron chi connectivity index (χ1n) is 4.09. The number of aryl methyl sites for hydroxylation is 2. The predicted molar refractivity (Wildman–Crippen MR) is 48.4 cm³/mol. The summed E-state index contributed by atoms with van der Waals surface area (Å²) < 4.78 is 0. The van der Waals surface area contributed by atoms with E-state index in [9.17, 15) is 4.79 Å². The Bertz CT molecular complexity index is 339. The molecule has 0 saturated carbocycles. The Balaban J connectivity index is 3.33. The van der Waals surface area contributed by atoms with Gasteiger partial charge in [-0.25, -0.2) is 0 Å². The van der Waals surface area contributed by atoms with E-state index < -0.39 is 0 Å². The third-order valence-electron chi connectivity index (χ3n) is 1.88. The van der Waals surface area contributed by atoms with Gasteiger partial charge < -0.3 is 4.98 Å². The lowest BCUT2D eigenvalue weighted by Crippen LogP contribution is -2.16. The van der Waals surface area contributed by atoms with Gasteiger partial charge in [0.05, 0.1) is 5.69 Å². The average Bonchev–Trinajstić information content (AvgIpc) is 1.96. The van der Waals surface area contributed by atoms with Crippen LogP contribution in [0.25, 0.3) is 0 Å². The fourth-order valence-electron chi connectivity index (χ4n) is 1.23. The topological polar surface area (TPSA) is 45.8 Å². The SMILES string of the molecule is Cc1nc(C)c(=O)[nH]c1C(C)C. The summed E-state index contributed by atoms with van der Waals surface area (Å²) in [6.45, 7) is 7.71. The van der Waals surface area contributed by atoms with Crippen LogP contribution in [0, 0.1) is 13.8 Å². The summed E-state index contributed by atoms with van der Waals surface area (Å²) in [5.41, 5.74) is 2.31. The number of aromatic amines is 1. The molecule has 0 spiro atoms. The van der Waals surface area contributed by atoms with Gasteiger partial charge in [0.15, 0.2) is 0 Å². The Morgan fingerprint density at radius 3 is 2.33 bits per heavy atom. The molecule has 0 bridgehead atoms. The van der Waals surface area contributed by atoms with Gasteiger partial charge in [-0.2, -0.15) is 0 Å². The molecule has 0 aliphatic carbocycles. The highest BCUT2D eigenvalue weighted by Crippen LogP contribution is 2.12. The highest BCUT2D eigenvalue weighted by molar-refractivity contribution is 5.15. The fraction of sp³-hybridized carbons (Fsp3) is 0.556. The Labute approximate surface area is 71.9 Å². The number of hydrogen-bond donors (Lipinski definition) is 1. The highest BCUT2D eigenvalue weighted by atomic mass is 16.1. The van der Waals surface area contributed by atoms with Crippen molar-refractivity contribution in [3.63, 3.8) is 0 Å². The largest absolute Gasteiger partial charge is 0.323 e. The van der Waals surface area contributed by atoms with Crippen LogP contribution < -0.4 is 5.56 Å². The van der Waals surface area contributed by atoms with Crippen molar-refractivity contribution in [1.29, 1.82) is 0 Å². The molecule has 66 valence electrons. The molecule has 0 atom stereocenters. The Morgan fingerprint density at radius 2 is 1.83 bits per heavy atom. The van der Waals surface area contributed by atoms with Crippen LogP contribution in [-0.4, -0.2) is 9.97 Å². The van der Waals surface area contributed by atoms with E-state index in [2.05, 4.69) is 9.97 Å². The van der Waals surface area contributed by atoms with Crippen LogP contribution in [0.15, 0.2) is 4.79 Å². The van der Waals surface area contributed by atoms with Crippen molar-refractivity contribution in [3.05, 3.63) is 27.4 Å².